The summed E-state index contributed by atoms with van der Waals surface area (Å²) in [5.41, 5.74) is 1.69. The van der Waals surface area contributed by atoms with Crippen LogP contribution < -0.4 is 5.23 Å². The topological polar surface area (TPSA) is 63.9 Å². The molecule has 0 aliphatic carbocycles. The summed E-state index contributed by atoms with van der Waals surface area (Å²) in [6.07, 6.45) is -0.751. The fraction of sp³-hybridized carbons (Fsp3) is 0.500. The fourth-order valence-electron chi connectivity index (χ4n) is 1.54. The Hall–Kier alpha value is -1.10. The maximum Gasteiger partial charge on any atom is 0.100 e. The molecular weight excluding hydrogens is 206 g/mol. The van der Waals surface area contributed by atoms with Crippen LogP contribution in [0.4, 0.5) is 5.69 Å². The van der Waals surface area contributed by atoms with Crippen molar-refractivity contribution in [3.63, 3.8) is 0 Å². The monoisotopic (exact) mass is 225 g/mol. The molecular formula is C12H19NO3. The molecule has 1 aromatic rings. The highest BCUT2D eigenvalue weighted by Crippen LogP contribution is 2.31. The molecule has 1 unspecified atom stereocenters. The van der Waals surface area contributed by atoms with E-state index >= 15 is 0 Å². The first-order valence-corrected chi connectivity index (χ1v) is 5.24. The van der Waals surface area contributed by atoms with Crippen molar-refractivity contribution in [2.75, 3.05) is 5.23 Å². The normalized spacial score (nSPS) is 13.7. The number of hydrogen-bond acceptors (Lipinski definition) is 4. The zero-order valence-corrected chi connectivity index (χ0v) is 10.1. The largest absolute Gasteiger partial charge is 0.389 e. The lowest BCUT2D eigenvalue weighted by Gasteiger charge is -2.23. The summed E-state index contributed by atoms with van der Waals surface area (Å²) < 4.78 is 0. The second-order valence-corrected chi connectivity index (χ2v) is 4.99. The van der Waals surface area contributed by atoms with Crippen molar-refractivity contribution in [2.24, 2.45) is 0 Å². The Labute approximate surface area is 95.7 Å². The Morgan fingerprint density at radius 3 is 2.12 bits per heavy atom. The summed E-state index contributed by atoms with van der Waals surface area (Å²) in [5.74, 6) is 0. The van der Waals surface area contributed by atoms with E-state index in [4.69, 9.17) is 10.4 Å². The molecule has 0 amide bonds. The van der Waals surface area contributed by atoms with E-state index in [1.165, 1.54) is 0 Å². The highest BCUT2D eigenvalue weighted by molar-refractivity contribution is 5.53. The maximum atomic E-state index is 9.59. The van der Waals surface area contributed by atoms with Crippen LogP contribution in [-0.4, -0.2) is 15.5 Å². The van der Waals surface area contributed by atoms with E-state index < -0.39 is 6.10 Å². The van der Waals surface area contributed by atoms with Gasteiger partial charge in [0.15, 0.2) is 0 Å². The first-order chi connectivity index (χ1) is 7.23. The molecule has 0 saturated heterocycles. The van der Waals surface area contributed by atoms with Crippen LogP contribution in [0, 0.1) is 0 Å². The van der Waals surface area contributed by atoms with Crippen LogP contribution in [0.25, 0.3) is 0 Å². The van der Waals surface area contributed by atoms with Crippen LogP contribution in [0.5, 0.6) is 0 Å². The molecule has 4 nitrogen and oxygen atoms in total. The van der Waals surface area contributed by atoms with E-state index in [1.54, 1.807) is 19.1 Å². The Bertz CT molecular complexity index is 367. The molecule has 0 spiro atoms. The van der Waals surface area contributed by atoms with Gasteiger partial charge in [-0.25, -0.2) is 0 Å². The highest BCUT2D eigenvalue weighted by atomic mass is 16.8. The minimum absolute atomic E-state index is 0.0362. The van der Waals surface area contributed by atoms with Gasteiger partial charge in [-0.05, 0) is 24.0 Å². The number of hydrogen-bond donors (Lipinski definition) is 3. The van der Waals surface area contributed by atoms with Crippen LogP contribution in [-0.2, 0) is 5.41 Å². The molecule has 0 bridgehead atoms. The second kappa shape index (κ2) is 4.41. The molecule has 4 heteroatoms. The van der Waals surface area contributed by atoms with E-state index in [-0.39, 0.29) is 16.3 Å². The van der Waals surface area contributed by atoms with Crippen molar-refractivity contribution in [3.05, 3.63) is 29.3 Å². The van der Waals surface area contributed by atoms with Gasteiger partial charge in [0.2, 0.25) is 0 Å². The number of aliphatic hydroxyl groups is 1. The predicted molar refractivity (Wildman–Crippen MR) is 61.8 cm³/mol. The van der Waals surface area contributed by atoms with Gasteiger partial charge >= 0.3 is 0 Å². The molecule has 16 heavy (non-hydrogen) atoms. The molecule has 0 radical (unpaired) electrons. The lowest BCUT2D eigenvalue weighted by Crippen LogP contribution is -2.17. The third-order valence-electron chi connectivity index (χ3n) is 2.56. The average molecular weight is 225 g/mol. The minimum Gasteiger partial charge on any atom is -0.389 e. The summed E-state index contributed by atoms with van der Waals surface area (Å²) in [6.45, 7) is 7.77. The molecule has 0 fully saturated rings. The molecule has 0 saturated carbocycles. The van der Waals surface area contributed by atoms with E-state index in [9.17, 15) is 5.11 Å². The second-order valence-electron chi connectivity index (χ2n) is 4.99. The van der Waals surface area contributed by atoms with Gasteiger partial charge in [-0.2, -0.15) is 0 Å². The predicted octanol–water partition coefficient (Wildman–Crippen LogP) is 2.62. The zero-order chi connectivity index (χ0) is 12.5. The highest BCUT2D eigenvalue weighted by Gasteiger charge is 2.18. The quantitative estimate of drug-likeness (QED) is 0.677. The Balaban J connectivity index is 3.29. The lowest BCUT2D eigenvalue weighted by molar-refractivity contribution is 0.0273. The third-order valence-corrected chi connectivity index (χ3v) is 2.56. The Morgan fingerprint density at radius 2 is 1.75 bits per heavy atom. The van der Waals surface area contributed by atoms with Crippen LogP contribution >= 0.6 is 0 Å². The summed E-state index contributed by atoms with van der Waals surface area (Å²) in [5, 5.41) is 27.7. The number of aliphatic hydroxyl groups excluding tert-OH is 1. The number of anilines is 1. The van der Waals surface area contributed by atoms with Gasteiger partial charge in [0, 0.05) is 5.56 Å². The summed E-state index contributed by atoms with van der Waals surface area (Å²) in [6, 6.07) is 5.20. The standard InChI is InChI=1S/C12H19NO3/c1-8(14)10-7-9(12(2,3)4)5-6-11(10)13(15)16/h5-8,14-16H,1-4H3. The summed E-state index contributed by atoms with van der Waals surface area (Å²) in [4.78, 5) is 0. The first kappa shape index (κ1) is 13.0. The third kappa shape index (κ3) is 2.72. The maximum absolute atomic E-state index is 9.59. The molecule has 1 rings (SSSR count). The van der Waals surface area contributed by atoms with Crippen molar-refractivity contribution in [1.29, 1.82) is 0 Å². The Kier molecular flexibility index (Phi) is 3.57. The van der Waals surface area contributed by atoms with E-state index in [1.807, 2.05) is 6.07 Å². The van der Waals surface area contributed by atoms with Crippen molar-refractivity contribution in [1.82, 2.24) is 0 Å². The smallest absolute Gasteiger partial charge is 0.100 e. The van der Waals surface area contributed by atoms with Gasteiger partial charge in [-0.3, -0.25) is 10.4 Å². The van der Waals surface area contributed by atoms with Crippen LogP contribution in [0.2, 0.25) is 0 Å². The molecule has 3 N–H and O–H groups in total. The van der Waals surface area contributed by atoms with Crippen molar-refractivity contribution in [2.45, 2.75) is 39.2 Å². The van der Waals surface area contributed by atoms with Crippen molar-refractivity contribution < 1.29 is 15.5 Å². The molecule has 0 heterocycles. The Morgan fingerprint density at radius 1 is 1.19 bits per heavy atom. The van der Waals surface area contributed by atoms with Crippen molar-refractivity contribution >= 4 is 5.69 Å². The first-order valence-electron chi connectivity index (χ1n) is 5.24. The van der Waals surface area contributed by atoms with Crippen LogP contribution in [0.3, 0.4) is 0 Å². The van der Waals surface area contributed by atoms with E-state index in [0.29, 0.717) is 5.56 Å². The van der Waals surface area contributed by atoms with Gasteiger partial charge in [-0.1, -0.05) is 32.9 Å². The average Bonchev–Trinajstić information content (AvgIpc) is 2.15. The molecule has 0 aliphatic heterocycles. The molecule has 90 valence electrons. The summed E-state index contributed by atoms with van der Waals surface area (Å²) in [7, 11) is 0. The summed E-state index contributed by atoms with van der Waals surface area (Å²) >= 11 is 0. The van der Waals surface area contributed by atoms with Gasteiger partial charge in [0.1, 0.15) is 5.69 Å². The van der Waals surface area contributed by atoms with Crippen LogP contribution in [0.15, 0.2) is 18.2 Å². The van der Waals surface area contributed by atoms with Crippen LogP contribution in [0.1, 0.15) is 44.9 Å². The number of rotatable bonds is 2. The molecule has 0 aromatic heterocycles. The molecule has 0 aliphatic rings. The lowest BCUT2D eigenvalue weighted by atomic mass is 9.85. The minimum atomic E-state index is -0.751. The van der Waals surface area contributed by atoms with Gasteiger partial charge < -0.3 is 5.11 Å². The molecule has 1 atom stereocenters. The SMILES string of the molecule is CC(O)c1cc(C(C)(C)C)ccc1N(O)O. The van der Waals surface area contributed by atoms with Gasteiger partial charge in [-0.15, -0.1) is 5.23 Å². The number of nitrogens with zero attached hydrogens (tertiary/aromatic N) is 1. The van der Waals surface area contributed by atoms with E-state index in [0.717, 1.165) is 5.56 Å². The van der Waals surface area contributed by atoms with Gasteiger partial charge in [0.05, 0.1) is 6.10 Å². The van der Waals surface area contributed by atoms with Gasteiger partial charge in [0.25, 0.3) is 0 Å². The molecule has 1 aromatic carbocycles. The number of benzene rings is 1. The van der Waals surface area contributed by atoms with E-state index in [2.05, 4.69) is 20.8 Å². The van der Waals surface area contributed by atoms with Crippen molar-refractivity contribution in [3.8, 4) is 0 Å². The zero-order valence-electron chi connectivity index (χ0n) is 10.1. The fourth-order valence-corrected chi connectivity index (χ4v) is 1.54.